The Morgan fingerprint density at radius 1 is 0.647 bits per heavy atom. The maximum absolute atomic E-state index is 13.9. The van der Waals surface area contributed by atoms with Crippen molar-refractivity contribution in [1.29, 1.82) is 0 Å². The fourth-order valence-corrected chi connectivity index (χ4v) is 2.63. The van der Waals surface area contributed by atoms with Gasteiger partial charge in [-0.1, -0.05) is 140 Å². The Morgan fingerprint density at radius 3 is 1.51 bits per heavy atom. The second-order valence-electron chi connectivity index (χ2n) is 7.01. The number of esters is 2. The molecule has 0 amide bonds. The summed E-state index contributed by atoms with van der Waals surface area (Å²) < 4.78 is 572. The zero-order chi connectivity index (χ0) is 96.2. The predicted octanol–water partition coefficient (Wildman–Crippen LogP) is 11.6. The highest BCUT2D eigenvalue weighted by molar-refractivity contribution is 7.47. The van der Waals surface area contributed by atoms with Crippen LogP contribution in [-0.4, -0.2) is 49.3 Å². The lowest BCUT2D eigenvalue weighted by Crippen LogP contribution is -2.29. The van der Waals surface area contributed by atoms with Crippen molar-refractivity contribution in [2.24, 2.45) is 5.73 Å². The predicted molar refractivity (Wildman–Crippen MR) is 211 cm³/mol. The molecule has 3 N–H and O–H groups in total. The van der Waals surface area contributed by atoms with Crippen molar-refractivity contribution in [3.63, 3.8) is 0 Å². The van der Waals surface area contributed by atoms with E-state index in [4.69, 9.17) is 96.2 Å². The molecule has 0 saturated carbocycles. The zero-order valence-electron chi connectivity index (χ0n) is 91.7. The topological polar surface area (TPSA) is 134 Å². The van der Waals surface area contributed by atoms with Crippen molar-refractivity contribution in [2.45, 2.75) is 198 Å². The molecule has 300 valence electrons. The third-order valence-electron chi connectivity index (χ3n) is 3.55. The third kappa shape index (κ3) is 38.0. The van der Waals surface area contributed by atoms with E-state index in [9.17, 15) is 19.0 Å². The minimum absolute atomic E-state index is 0.659. The molecule has 10 heteroatoms. The van der Waals surface area contributed by atoms with E-state index < -0.39 is 269 Å². The molecule has 0 spiro atoms. The van der Waals surface area contributed by atoms with Crippen LogP contribution in [0, 0.1) is 0 Å². The summed E-state index contributed by atoms with van der Waals surface area (Å²) in [6, 6.07) is -11.3. The van der Waals surface area contributed by atoms with E-state index >= 15 is 0 Å². The number of allylic oxidation sites excluding steroid dienone is 4. The zero-order valence-corrected chi connectivity index (χ0v) is 26.6. The highest BCUT2D eigenvalue weighted by Crippen LogP contribution is 2.43. The van der Waals surface area contributed by atoms with Gasteiger partial charge in [-0.15, -0.1) is 0 Å². The molecule has 9 nitrogen and oxygen atoms in total. The van der Waals surface area contributed by atoms with E-state index in [2.05, 4.69) is 18.5 Å². The minimum Gasteiger partial charge on any atom is -0.462 e. The van der Waals surface area contributed by atoms with Crippen LogP contribution in [0.25, 0.3) is 0 Å². The summed E-state index contributed by atoms with van der Waals surface area (Å²) >= 11 is 0. The molecule has 0 aromatic heterocycles. The highest BCUT2D eigenvalue weighted by atomic mass is 31.2. The van der Waals surface area contributed by atoms with Gasteiger partial charge in [-0.05, 0) is 63.7 Å². The normalized spacial score (nSPS) is 41.8. The lowest BCUT2D eigenvalue weighted by atomic mass is 10.1. The Labute approximate surface area is 405 Å². The number of rotatable bonds is 39. The average Bonchev–Trinajstić information content (AvgIpc) is 0.656. The van der Waals surface area contributed by atoms with Crippen LogP contribution in [0.3, 0.4) is 0 Å². The van der Waals surface area contributed by atoms with Gasteiger partial charge in [0.25, 0.3) is 0 Å². The minimum atomic E-state index is -5.70. The standard InChI is InChI=1S/C41H78NO8P/c1-3-5-7-9-11-13-15-17-19-21-23-25-27-29-31-33-40(43)47-37-39(38-49-51(45,46)48-36-35-42)50-41(44)34-32-30-28-26-24-22-20-18-16-14-12-10-8-6-4-2/h17-20,39H,3-16,21-38,42H2,1-2H3,(H,45,46)/b19-17-,20-18-/i1D3,2D3,3D2,4D2,5D2,6D2,7D2,8D2,9D2,10D2,11D2,12D2,13D2,14D2,15D2,16D2,17D,18D,19D,20D,21D2,22D2,23D2,24D2,25D2,26D2,27D2,28D2,29D2,30D2,31D2,32D2,33D2,34D2. The molecule has 2 unspecified atom stereocenters. The summed E-state index contributed by atoms with van der Waals surface area (Å²) in [7, 11) is -5.70. The molecule has 0 aromatic rings. The first kappa shape index (κ1) is 8.88. The van der Waals surface area contributed by atoms with Gasteiger partial charge < -0.3 is 20.1 Å². The summed E-state index contributed by atoms with van der Waals surface area (Å²) in [6.07, 6.45) is -147. The van der Waals surface area contributed by atoms with Crippen LogP contribution >= 0.6 is 7.82 Å². The van der Waals surface area contributed by atoms with Gasteiger partial charge in [0.2, 0.25) is 0 Å². The molecule has 0 fully saturated rings. The Kier molecular flexibility index (Phi) is 6.65. The van der Waals surface area contributed by atoms with Crippen LogP contribution < -0.4 is 5.73 Å². The highest BCUT2D eigenvalue weighted by Gasteiger charge is 2.26. The van der Waals surface area contributed by atoms with E-state index in [1.807, 2.05) is 0 Å². The Balaban J connectivity index is 8.17. The van der Waals surface area contributed by atoms with Crippen LogP contribution in [0.4, 0.5) is 0 Å². The van der Waals surface area contributed by atoms with Crippen LogP contribution in [0.15, 0.2) is 24.2 Å². The van der Waals surface area contributed by atoms with Gasteiger partial charge >= 0.3 is 19.8 Å². The van der Waals surface area contributed by atoms with Crippen LogP contribution in [-0.2, 0) is 32.7 Å². The number of carbonyl (C=O) groups is 2. The molecular weight excluding hydrogens is 665 g/mol. The first-order chi connectivity index (χ1) is 49.8. The largest absolute Gasteiger partial charge is 0.472 e. The van der Waals surface area contributed by atoms with Crippen molar-refractivity contribution < 1.29 is 128 Å². The van der Waals surface area contributed by atoms with Gasteiger partial charge in [0.15, 0.2) is 6.10 Å². The van der Waals surface area contributed by atoms with E-state index in [1.165, 1.54) is 0 Å². The summed E-state index contributed by atoms with van der Waals surface area (Å²) in [5, 5.41) is 0. The fraction of sp³-hybridized carbons (Fsp3) is 0.854. The van der Waals surface area contributed by atoms with Crippen LogP contribution in [0.1, 0.15) is 283 Å². The van der Waals surface area contributed by atoms with Crippen LogP contribution in [0.2, 0.25) is 0 Å². The number of hydrogen-bond acceptors (Lipinski definition) is 8. The molecule has 0 saturated heterocycles. The summed E-state index contributed by atoms with van der Waals surface area (Å²) in [5.41, 5.74) is 5.18. The van der Waals surface area contributed by atoms with Crippen molar-refractivity contribution >= 4 is 19.8 Å². The number of phosphoric ester groups is 1. The lowest BCUT2D eigenvalue weighted by Gasteiger charge is -2.19. The molecule has 0 rings (SSSR count). The molecule has 0 bridgehead atoms. The molecule has 0 aliphatic rings. The summed E-state index contributed by atoms with van der Waals surface area (Å²) in [4.78, 5) is 37.8. The van der Waals surface area contributed by atoms with Crippen molar-refractivity contribution in [2.75, 3.05) is 26.4 Å². The number of hydrogen-bond donors (Lipinski definition) is 2. The molecule has 0 aliphatic heterocycles. The monoisotopic (exact) mass is 810 g/mol. The maximum atomic E-state index is 13.9. The van der Waals surface area contributed by atoms with E-state index in [0.29, 0.717) is 0 Å². The molecule has 0 aromatic carbocycles. The Hall–Kier alpha value is -1.51. The molecular formula is C41H78NO8P. The van der Waals surface area contributed by atoms with Gasteiger partial charge in [0.1, 0.15) is 6.61 Å². The van der Waals surface area contributed by atoms with Crippen molar-refractivity contribution in [1.82, 2.24) is 0 Å². The van der Waals surface area contributed by atoms with Crippen molar-refractivity contribution in [3.8, 4) is 0 Å². The molecule has 0 heterocycles. The van der Waals surface area contributed by atoms with Gasteiger partial charge in [-0.2, -0.15) is 0 Å². The maximum Gasteiger partial charge on any atom is 0.472 e. The molecule has 0 radical (unpaired) electrons. The van der Waals surface area contributed by atoms with E-state index in [0.717, 1.165) is 0 Å². The average molecular weight is 810 g/mol. The van der Waals surface area contributed by atoms with Gasteiger partial charge in [-0.25, -0.2) is 4.57 Å². The van der Waals surface area contributed by atoms with Gasteiger partial charge in [-0.3, -0.25) is 18.6 Å². The fourth-order valence-electron chi connectivity index (χ4n) is 1.86. The summed E-state index contributed by atoms with van der Waals surface area (Å²) in [6.45, 7) is -14.4. The van der Waals surface area contributed by atoms with Gasteiger partial charge in [0, 0.05) is 104 Å². The number of carbonyl (C=O) groups excluding carboxylic acids is 2. The number of phosphoric acid groups is 1. The smallest absolute Gasteiger partial charge is 0.462 e. The number of ether oxygens (including phenoxy) is 2. The number of nitrogens with two attached hydrogens (primary N) is 1. The quantitative estimate of drug-likeness (QED) is 0.0353. The second kappa shape index (κ2) is 38.2. The molecule has 2 atom stereocenters. The summed E-state index contributed by atoms with van der Waals surface area (Å²) in [5.74, 6) is -6.15. The van der Waals surface area contributed by atoms with Crippen LogP contribution in [0.5, 0.6) is 0 Å². The van der Waals surface area contributed by atoms with Crippen molar-refractivity contribution in [3.05, 3.63) is 24.2 Å². The molecule has 0 aliphatic carbocycles. The third-order valence-corrected chi connectivity index (χ3v) is 4.53. The van der Waals surface area contributed by atoms with Gasteiger partial charge in [0.05, 0.1) is 18.7 Å². The van der Waals surface area contributed by atoms with E-state index in [1.54, 1.807) is 0 Å². The Morgan fingerprint density at radius 2 is 1.06 bits per heavy atom. The first-order valence-corrected chi connectivity index (χ1v) is 14.4. The second-order valence-corrected chi connectivity index (χ2v) is 8.47. The SMILES string of the molecule is [2H]/C(=C(\[2H])C([2H])([2H])C([2H])([2H])C([2H])([2H])C([2H])([2H])C([2H])([2H])C([2H])([2H])C([2H])([2H])C([2H])([2H])[2H])C([2H])([2H])C([2H])([2H])C([2H])([2H])C([2H])([2H])C([2H])([2H])C([2H])([2H])C([2H])([2H])C(=O)OCC(COP(=O)(O)OCCN)OC(=O)C([2H])([2H])C([2H])([2H])C([2H])([2H])C([2H])([2H])C([2H])([2H])C([2H])([2H])C([2H])([2H])/C([2H])=C(/[2H])C([2H])([2H])C([2H])([2H])C([2H])([2H])C([2H])([2H])C([2H])([2H])C([2H])([2H])C([2H])([2H])C([2H])([2H])[2H]. The first-order valence-electron chi connectivity index (χ1n) is 45.9. The lowest BCUT2D eigenvalue weighted by molar-refractivity contribution is -0.161. The van der Waals surface area contributed by atoms with E-state index in [-0.39, 0.29) is 0 Å². The molecule has 51 heavy (non-hydrogen) atoms. The Bertz CT molecular complexity index is 3700.